The van der Waals surface area contributed by atoms with Gasteiger partial charge >= 0.3 is 5.69 Å². The van der Waals surface area contributed by atoms with E-state index >= 15 is 0 Å². The molecule has 2 aromatic heterocycles. The van der Waals surface area contributed by atoms with Gasteiger partial charge in [0.2, 0.25) is 0 Å². The molecule has 0 saturated carbocycles. The van der Waals surface area contributed by atoms with Crippen molar-refractivity contribution in [2.75, 3.05) is 27.2 Å². The summed E-state index contributed by atoms with van der Waals surface area (Å²) in [5, 5.41) is 3.17. The molecule has 1 amide bonds. The van der Waals surface area contributed by atoms with Crippen LogP contribution in [0.2, 0.25) is 0 Å². The van der Waals surface area contributed by atoms with Gasteiger partial charge in [-0.1, -0.05) is 20.8 Å². The molecule has 26 heavy (non-hydrogen) atoms. The minimum atomic E-state index is -0.578. The SMILES string of the molecule is CCCn1c(=O)[nH]c(=O)c2c(C(=O)N(C)CCNC)cc(C(C)C)nc21. The number of aryl methyl sites for hydroxylation is 1. The van der Waals surface area contributed by atoms with Crippen LogP contribution in [0.5, 0.6) is 0 Å². The van der Waals surface area contributed by atoms with Gasteiger partial charge in [0.1, 0.15) is 0 Å². The summed E-state index contributed by atoms with van der Waals surface area (Å²) in [5.41, 5.74) is 0.156. The monoisotopic (exact) mass is 361 g/mol. The zero-order chi connectivity index (χ0) is 19.4. The zero-order valence-electron chi connectivity index (χ0n) is 16.0. The number of H-pyrrole nitrogens is 1. The van der Waals surface area contributed by atoms with Gasteiger partial charge in [0.05, 0.1) is 10.9 Å². The molecule has 0 radical (unpaired) electrons. The van der Waals surface area contributed by atoms with Gasteiger partial charge in [-0.25, -0.2) is 9.78 Å². The van der Waals surface area contributed by atoms with Crippen molar-refractivity contribution in [2.45, 2.75) is 39.7 Å². The van der Waals surface area contributed by atoms with Gasteiger partial charge in [0.15, 0.2) is 5.65 Å². The quantitative estimate of drug-likeness (QED) is 0.763. The lowest BCUT2D eigenvalue weighted by atomic mass is 10.0. The number of nitrogens with one attached hydrogen (secondary N) is 2. The number of fused-ring (bicyclic) bond motifs is 1. The summed E-state index contributed by atoms with van der Waals surface area (Å²) in [6.45, 7) is 7.42. The first-order chi connectivity index (χ1) is 12.3. The zero-order valence-corrected chi connectivity index (χ0v) is 16.0. The molecule has 0 atom stereocenters. The number of carbonyl (C=O) groups is 1. The number of pyridine rings is 1. The highest BCUT2D eigenvalue weighted by molar-refractivity contribution is 6.05. The molecule has 0 unspecified atom stereocenters. The lowest BCUT2D eigenvalue weighted by Gasteiger charge is -2.19. The van der Waals surface area contributed by atoms with E-state index in [-0.39, 0.29) is 28.4 Å². The average molecular weight is 361 g/mol. The Balaban J connectivity index is 2.80. The fourth-order valence-corrected chi connectivity index (χ4v) is 2.78. The topological polar surface area (TPSA) is 100 Å². The molecule has 0 spiro atoms. The summed E-state index contributed by atoms with van der Waals surface area (Å²) in [7, 11) is 3.50. The van der Waals surface area contributed by atoms with Gasteiger partial charge in [0, 0.05) is 32.4 Å². The predicted octanol–water partition coefficient (Wildman–Crippen LogP) is 0.910. The Morgan fingerprint density at radius 3 is 2.65 bits per heavy atom. The van der Waals surface area contributed by atoms with Gasteiger partial charge in [-0.05, 0) is 25.5 Å². The first kappa shape index (κ1) is 19.8. The highest BCUT2D eigenvalue weighted by Crippen LogP contribution is 2.20. The number of likely N-dealkylation sites (N-methyl/N-ethyl adjacent to an activating group) is 2. The molecule has 0 aliphatic rings. The number of carbonyl (C=O) groups excluding carboxylic acids is 1. The minimum absolute atomic E-state index is 0.0537. The summed E-state index contributed by atoms with van der Waals surface area (Å²) in [5.74, 6) is -0.209. The number of aromatic nitrogens is 3. The number of hydrogen-bond donors (Lipinski definition) is 2. The second-order valence-corrected chi connectivity index (χ2v) is 6.69. The molecule has 2 heterocycles. The maximum Gasteiger partial charge on any atom is 0.329 e. The molecule has 0 saturated heterocycles. The summed E-state index contributed by atoms with van der Waals surface area (Å²) < 4.78 is 1.44. The summed E-state index contributed by atoms with van der Waals surface area (Å²) >= 11 is 0. The van der Waals surface area contributed by atoms with Crippen molar-refractivity contribution in [2.24, 2.45) is 0 Å². The van der Waals surface area contributed by atoms with Gasteiger partial charge in [0.25, 0.3) is 11.5 Å². The molecule has 2 rings (SSSR count). The van der Waals surface area contributed by atoms with Crippen molar-refractivity contribution in [3.63, 3.8) is 0 Å². The third kappa shape index (κ3) is 3.85. The standard InChI is InChI=1S/C18H27N5O3/c1-6-8-23-15-14(16(24)21-18(23)26)12(10-13(20-15)11(2)3)17(25)22(5)9-7-19-4/h10-11,19H,6-9H2,1-5H3,(H,21,24,26). The van der Waals surface area contributed by atoms with Crippen LogP contribution < -0.4 is 16.6 Å². The van der Waals surface area contributed by atoms with E-state index in [1.807, 2.05) is 27.8 Å². The molecule has 0 bridgehead atoms. The van der Waals surface area contributed by atoms with Crippen LogP contribution >= 0.6 is 0 Å². The highest BCUT2D eigenvalue weighted by Gasteiger charge is 2.22. The smallest absolute Gasteiger partial charge is 0.329 e. The molecule has 2 aromatic rings. The molecular formula is C18H27N5O3. The van der Waals surface area contributed by atoms with Crippen LogP contribution in [0.3, 0.4) is 0 Å². The first-order valence-corrected chi connectivity index (χ1v) is 8.89. The normalized spacial score (nSPS) is 11.3. The van der Waals surface area contributed by atoms with Crippen molar-refractivity contribution in [1.82, 2.24) is 24.8 Å². The van der Waals surface area contributed by atoms with Crippen LogP contribution in [-0.4, -0.2) is 52.5 Å². The Hall–Kier alpha value is -2.48. The Morgan fingerprint density at radius 2 is 2.08 bits per heavy atom. The summed E-state index contributed by atoms with van der Waals surface area (Å²) in [6, 6.07) is 1.67. The number of hydrogen-bond acceptors (Lipinski definition) is 5. The first-order valence-electron chi connectivity index (χ1n) is 8.89. The largest absolute Gasteiger partial charge is 0.340 e. The Labute approximate surface area is 152 Å². The van der Waals surface area contributed by atoms with E-state index in [0.29, 0.717) is 31.7 Å². The molecule has 0 aromatic carbocycles. The third-order valence-electron chi connectivity index (χ3n) is 4.28. The van der Waals surface area contributed by atoms with E-state index in [0.717, 1.165) is 0 Å². The number of aromatic amines is 1. The Morgan fingerprint density at radius 1 is 1.38 bits per heavy atom. The van der Waals surface area contributed by atoms with E-state index in [2.05, 4.69) is 15.3 Å². The molecule has 2 N–H and O–H groups in total. The van der Waals surface area contributed by atoms with E-state index < -0.39 is 11.2 Å². The maximum absolute atomic E-state index is 13.0. The van der Waals surface area contributed by atoms with Crippen LogP contribution in [-0.2, 0) is 6.54 Å². The number of nitrogens with zero attached hydrogens (tertiary/aromatic N) is 3. The highest BCUT2D eigenvalue weighted by atomic mass is 16.2. The molecule has 0 aliphatic heterocycles. The summed E-state index contributed by atoms with van der Waals surface area (Å²) in [6.07, 6.45) is 0.708. The van der Waals surface area contributed by atoms with Gasteiger partial charge in [-0.2, -0.15) is 0 Å². The lowest BCUT2D eigenvalue weighted by molar-refractivity contribution is 0.0798. The average Bonchev–Trinajstić information content (AvgIpc) is 2.61. The summed E-state index contributed by atoms with van der Waals surface area (Å²) in [4.78, 5) is 46.1. The maximum atomic E-state index is 13.0. The number of amides is 1. The van der Waals surface area contributed by atoms with Crippen molar-refractivity contribution in [3.8, 4) is 0 Å². The van der Waals surface area contributed by atoms with Crippen LogP contribution in [0.4, 0.5) is 0 Å². The number of rotatable bonds is 7. The fraction of sp³-hybridized carbons (Fsp3) is 0.556. The predicted molar refractivity (Wildman–Crippen MR) is 102 cm³/mol. The van der Waals surface area contributed by atoms with Crippen LogP contribution in [0, 0.1) is 0 Å². The van der Waals surface area contributed by atoms with E-state index in [9.17, 15) is 14.4 Å². The third-order valence-corrected chi connectivity index (χ3v) is 4.28. The Bertz CT molecular complexity index is 913. The molecule has 8 heteroatoms. The van der Waals surface area contributed by atoms with Crippen LogP contribution in [0.15, 0.2) is 15.7 Å². The second-order valence-electron chi connectivity index (χ2n) is 6.69. The van der Waals surface area contributed by atoms with Crippen molar-refractivity contribution >= 4 is 16.9 Å². The van der Waals surface area contributed by atoms with Gasteiger partial charge in [-0.3, -0.25) is 19.1 Å². The van der Waals surface area contributed by atoms with Gasteiger partial charge in [-0.15, -0.1) is 0 Å². The molecular weight excluding hydrogens is 334 g/mol. The van der Waals surface area contributed by atoms with Crippen LogP contribution in [0.25, 0.3) is 11.0 Å². The second kappa shape index (κ2) is 8.27. The minimum Gasteiger partial charge on any atom is -0.340 e. The van der Waals surface area contributed by atoms with Crippen LogP contribution in [0.1, 0.15) is 49.2 Å². The van der Waals surface area contributed by atoms with E-state index in [1.54, 1.807) is 18.0 Å². The van der Waals surface area contributed by atoms with Gasteiger partial charge < -0.3 is 10.2 Å². The van der Waals surface area contributed by atoms with Crippen molar-refractivity contribution in [1.29, 1.82) is 0 Å². The van der Waals surface area contributed by atoms with E-state index in [4.69, 9.17) is 0 Å². The van der Waals surface area contributed by atoms with Crippen molar-refractivity contribution in [3.05, 3.63) is 38.2 Å². The van der Waals surface area contributed by atoms with Crippen molar-refractivity contribution < 1.29 is 4.79 Å². The van der Waals surface area contributed by atoms with E-state index in [1.165, 1.54) is 4.57 Å². The lowest BCUT2D eigenvalue weighted by Crippen LogP contribution is -2.36. The molecule has 0 aliphatic carbocycles. The molecule has 8 nitrogen and oxygen atoms in total. The molecule has 0 fully saturated rings. The Kier molecular flexibility index (Phi) is 6.31. The molecule has 142 valence electrons. The fourth-order valence-electron chi connectivity index (χ4n) is 2.78.